The van der Waals surface area contributed by atoms with Crippen LogP contribution >= 0.6 is 11.8 Å². The molecule has 7 heteroatoms. The van der Waals surface area contributed by atoms with Crippen molar-refractivity contribution in [2.45, 2.75) is 17.7 Å². The second-order valence-corrected chi connectivity index (χ2v) is 7.67. The predicted molar refractivity (Wildman–Crippen MR) is 110 cm³/mol. The molecule has 3 heterocycles. The molecule has 0 unspecified atom stereocenters. The SMILES string of the molecule is Cc1ccc(C(=O)N2CCN(c3cncc(SCc4ccccc4)n3)CC2)o1. The van der Waals surface area contributed by atoms with Gasteiger partial charge >= 0.3 is 0 Å². The lowest BCUT2D eigenvalue weighted by Crippen LogP contribution is -2.49. The summed E-state index contributed by atoms with van der Waals surface area (Å²) in [4.78, 5) is 25.6. The van der Waals surface area contributed by atoms with Crippen LogP contribution < -0.4 is 4.90 Å². The highest BCUT2D eigenvalue weighted by Gasteiger charge is 2.24. The molecule has 1 aliphatic rings. The molecular formula is C21H22N4O2S. The Bertz CT molecular complexity index is 936. The third kappa shape index (κ3) is 4.36. The monoisotopic (exact) mass is 394 g/mol. The zero-order chi connectivity index (χ0) is 19.3. The molecular weight excluding hydrogens is 372 g/mol. The largest absolute Gasteiger partial charge is 0.456 e. The number of hydrogen-bond acceptors (Lipinski definition) is 6. The van der Waals surface area contributed by atoms with E-state index in [1.807, 2.05) is 36.1 Å². The van der Waals surface area contributed by atoms with Crippen molar-refractivity contribution < 1.29 is 9.21 Å². The number of aryl methyl sites for hydroxylation is 1. The van der Waals surface area contributed by atoms with Gasteiger partial charge in [0.25, 0.3) is 5.91 Å². The van der Waals surface area contributed by atoms with Crippen LogP contribution in [0.1, 0.15) is 21.9 Å². The molecule has 1 saturated heterocycles. The molecule has 0 saturated carbocycles. The first-order chi connectivity index (χ1) is 13.7. The Labute approximate surface area is 168 Å². The van der Waals surface area contributed by atoms with E-state index in [1.165, 1.54) is 5.56 Å². The second-order valence-electron chi connectivity index (χ2n) is 6.68. The summed E-state index contributed by atoms with van der Waals surface area (Å²) in [6.45, 7) is 4.58. The maximum atomic E-state index is 12.5. The number of anilines is 1. The van der Waals surface area contributed by atoms with Crippen molar-refractivity contribution in [3.05, 3.63) is 71.9 Å². The van der Waals surface area contributed by atoms with Crippen LogP contribution in [0.15, 0.2) is 64.3 Å². The number of hydrogen-bond donors (Lipinski definition) is 0. The van der Waals surface area contributed by atoms with Crippen molar-refractivity contribution in [2.75, 3.05) is 31.1 Å². The van der Waals surface area contributed by atoms with Crippen molar-refractivity contribution in [1.82, 2.24) is 14.9 Å². The van der Waals surface area contributed by atoms with Gasteiger partial charge in [-0.25, -0.2) is 4.98 Å². The van der Waals surface area contributed by atoms with E-state index in [4.69, 9.17) is 9.40 Å². The first-order valence-corrected chi connectivity index (χ1v) is 10.3. The average Bonchev–Trinajstić information content (AvgIpc) is 3.19. The third-order valence-electron chi connectivity index (χ3n) is 4.67. The highest BCUT2D eigenvalue weighted by molar-refractivity contribution is 7.98. The van der Waals surface area contributed by atoms with Gasteiger partial charge in [0.2, 0.25) is 0 Å². The van der Waals surface area contributed by atoms with Gasteiger partial charge in [-0.2, -0.15) is 0 Å². The summed E-state index contributed by atoms with van der Waals surface area (Å²) in [5.74, 6) is 2.83. The summed E-state index contributed by atoms with van der Waals surface area (Å²) >= 11 is 1.68. The third-order valence-corrected chi connectivity index (χ3v) is 5.64. The zero-order valence-corrected chi connectivity index (χ0v) is 16.6. The molecule has 4 rings (SSSR count). The molecule has 1 fully saturated rings. The molecule has 0 spiro atoms. The normalized spacial score (nSPS) is 14.3. The van der Waals surface area contributed by atoms with Crippen molar-refractivity contribution >= 4 is 23.5 Å². The van der Waals surface area contributed by atoms with Crippen LogP contribution in [0.3, 0.4) is 0 Å². The molecule has 144 valence electrons. The first-order valence-electron chi connectivity index (χ1n) is 9.28. The van der Waals surface area contributed by atoms with E-state index < -0.39 is 0 Å². The maximum Gasteiger partial charge on any atom is 0.289 e. The van der Waals surface area contributed by atoms with Gasteiger partial charge < -0.3 is 14.2 Å². The van der Waals surface area contributed by atoms with Gasteiger partial charge in [0.1, 0.15) is 16.6 Å². The Morgan fingerprint density at radius 1 is 1.07 bits per heavy atom. The van der Waals surface area contributed by atoms with Crippen LogP contribution in [0.25, 0.3) is 0 Å². The number of amides is 1. The highest BCUT2D eigenvalue weighted by Crippen LogP contribution is 2.23. The minimum atomic E-state index is -0.0500. The molecule has 0 N–H and O–H groups in total. The molecule has 1 amide bonds. The van der Waals surface area contributed by atoms with Gasteiger partial charge in [-0.05, 0) is 24.6 Å². The molecule has 0 radical (unpaired) electrons. The summed E-state index contributed by atoms with van der Waals surface area (Å²) in [5, 5.41) is 0.908. The fourth-order valence-electron chi connectivity index (χ4n) is 3.14. The summed E-state index contributed by atoms with van der Waals surface area (Å²) in [7, 11) is 0. The van der Waals surface area contributed by atoms with E-state index in [-0.39, 0.29) is 5.91 Å². The molecule has 28 heavy (non-hydrogen) atoms. The minimum Gasteiger partial charge on any atom is -0.456 e. The van der Waals surface area contributed by atoms with Crippen molar-refractivity contribution in [3.63, 3.8) is 0 Å². The molecule has 6 nitrogen and oxygen atoms in total. The number of rotatable bonds is 5. The van der Waals surface area contributed by atoms with Gasteiger partial charge in [-0.3, -0.25) is 9.78 Å². The van der Waals surface area contributed by atoms with Crippen LogP contribution in [0, 0.1) is 6.92 Å². The molecule has 3 aromatic rings. The van der Waals surface area contributed by atoms with E-state index in [0.29, 0.717) is 18.8 Å². The molecule has 1 aromatic carbocycles. The number of piperazine rings is 1. The fraction of sp³-hybridized carbons (Fsp3) is 0.286. The Hall–Kier alpha value is -2.80. The predicted octanol–water partition coefficient (Wildman–Crippen LogP) is 3.63. The van der Waals surface area contributed by atoms with Crippen LogP contribution in [-0.4, -0.2) is 47.0 Å². The summed E-state index contributed by atoms with van der Waals surface area (Å²) < 4.78 is 5.46. The Balaban J connectivity index is 1.35. The topological polar surface area (TPSA) is 62.5 Å². The van der Waals surface area contributed by atoms with Crippen LogP contribution in [0.2, 0.25) is 0 Å². The number of aromatic nitrogens is 2. The lowest BCUT2D eigenvalue weighted by molar-refractivity contribution is 0.0713. The molecule has 1 aliphatic heterocycles. The maximum absolute atomic E-state index is 12.5. The number of thioether (sulfide) groups is 1. The minimum absolute atomic E-state index is 0.0500. The molecule has 2 aromatic heterocycles. The summed E-state index contributed by atoms with van der Waals surface area (Å²) in [5.41, 5.74) is 1.26. The van der Waals surface area contributed by atoms with E-state index in [9.17, 15) is 4.79 Å². The van der Waals surface area contributed by atoms with Crippen molar-refractivity contribution in [3.8, 4) is 0 Å². The fourth-order valence-corrected chi connectivity index (χ4v) is 3.94. The van der Waals surface area contributed by atoms with Crippen LogP contribution in [0.4, 0.5) is 5.82 Å². The van der Waals surface area contributed by atoms with Crippen LogP contribution in [-0.2, 0) is 5.75 Å². The Morgan fingerprint density at radius 3 is 2.57 bits per heavy atom. The van der Waals surface area contributed by atoms with Crippen LogP contribution in [0.5, 0.6) is 0 Å². The Morgan fingerprint density at radius 2 is 1.86 bits per heavy atom. The van der Waals surface area contributed by atoms with E-state index in [2.05, 4.69) is 22.0 Å². The molecule has 0 atom stereocenters. The average molecular weight is 395 g/mol. The lowest BCUT2D eigenvalue weighted by atomic mass is 10.2. The Kier molecular flexibility index (Phi) is 5.62. The zero-order valence-electron chi connectivity index (χ0n) is 15.7. The summed E-state index contributed by atoms with van der Waals surface area (Å²) in [6.07, 6.45) is 3.59. The van der Waals surface area contributed by atoms with Gasteiger partial charge in [-0.1, -0.05) is 30.3 Å². The second kappa shape index (κ2) is 8.48. The van der Waals surface area contributed by atoms with Gasteiger partial charge in [0.05, 0.1) is 12.4 Å². The van der Waals surface area contributed by atoms with Gasteiger partial charge in [-0.15, -0.1) is 11.8 Å². The lowest BCUT2D eigenvalue weighted by Gasteiger charge is -2.34. The van der Waals surface area contributed by atoms with Crippen molar-refractivity contribution in [1.29, 1.82) is 0 Å². The smallest absolute Gasteiger partial charge is 0.289 e. The van der Waals surface area contributed by atoms with E-state index in [0.717, 1.165) is 35.4 Å². The first kappa shape index (κ1) is 18.6. The highest BCUT2D eigenvalue weighted by atomic mass is 32.2. The number of carbonyl (C=O) groups excluding carboxylic acids is 1. The van der Waals surface area contributed by atoms with Crippen molar-refractivity contribution in [2.24, 2.45) is 0 Å². The number of nitrogens with zero attached hydrogens (tertiary/aromatic N) is 4. The number of carbonyl (C=O) groups is 1. The molecule has 0 aliphatic carbocycles. The molecule has 0 bridgehead atoms. The summed E-state index contributed by atoms with van der Waals surface area (Å²) in [6, 6.07) is 13.9. The van der Waals surface area contributed by atoms with E-state index >= 15 is 0 Å². The number of benzene rings is 1. The number of furan rings is 1. The standard InChI is InChI=1S/C21H22N4O2S/c1-16-7-8-18(27-16)21(26)25-11-9-24(10-12-25)19-13-22-14-20(23-19)28-15-17-5-3-2-4-6-17/h2-8,13-14H,9-12,15H2,1H3. The quantitative estimate of drug-likeness (QED) is 0.616. The van der Waals surface area contributed by atoms with E-state index in [1.54, 1.807) is 30.2 Å². The van der Waals surface area contributed by atoms with Gasteiger partial charge in [0, 0.05) is 31.9 Å². The van der Waals surface area contributed by atoms with Gasteiger partial charge in [0.15, 0.2) is 5.76 Å².